The van der Waals surface area contributed by atoms with Crippen LogP contribution in [0, 0.1) is 5.82 Å². The second-order valence-corrected chi connectivity index (χ2v) is 7.26. The van der Waals surface area contributed by atoms with Gasteiger partial charge in [-0.15, -0.1) is 5.10 Å². The summed E-state index contributed by atoms with van der Waals surface area (Å²) < 4.78 is 53.1. The molecule has 1 aromatic heterocycles. The van der Waals surface area contributed by atoms with Gasteiger partial charge in [-0.05, 0) is 34.5 Å². The summed E-state index contributed by atoms with van der Waals surface area (Å²) in [4.78, 5) is 16.0. The van der Waals surface area contributed by atoms with Crippen molar-refractivity contribution in [1.29, 1.82) is 0 Å². The van der Waals surface area contributed by atoms with E-state index in [1.807, 2.05) is 0 Å². The van der Waals surface area contributed by atoms with Gasteiger partial charge in [-0.25, -0.2) is 13.9 Å². The summed E-state index contributed by atoms with van der Waals surface area (Å²) in [6.45, 7) is 2.39. The predicted molar refractivity (Wildman–Crippen MR) is 92.0 cm³/mol. The molecule has 2 amide bonds. The first kappa shape index (κ1) is 19.6. The number of benzene rings is 1. The molecule has 0 bridgehead atoms. The topological polar surface area (TPSA) is 79.2 Å². The number of urea groups is 1. The fourth-order valence-corrected chi connectivity index (χ4v) is 3.59. The molecule has 0 radical (unpaired) electrons. The van der Waals surface area contributed by atoms with Gasteiger partial charge in [-0.2, -0.15) is 13.2 Å². The van der Waals surface area contributed by atoms with Gasteiger partial charge in [0.1, 0.15) is 12.1 Å². The number of carbonyl (C=O) groups excluding carboxylic acids is 1. The van der Waals surface area contributed by atoms with Crippen molar-refractivity contribution in [3.63, 3.8) is 0 Å². The Balaban J connectivity index is 1.22. The molecule has 1 atom stereocenters. The van der Waals surface area contributed by atoms with E-state index in [9.17, 15) is 22.4 Å². The molecule has 8 nitrogen and oxygen atoms in total. The molecule has 2 fully saturated rings. The first-order valence-corrected chi connectivity index (χ1v) is 9.16. The van der Waals surface area contributed by atoms with E-state index in [2.05, 4.69) is 20.8 Å². The average Bonchev–Trinajstić information content (AvgIpc) is 3.30. The van der Waals surface area contributed by atoms with Crippen molar-refractivity contribution < 1.29 is 22.4 Å². The molecule has 0 spiro atoms. The van der Waals surface area contributed by atoms with Crippen molar-refractivity contribution in [3.8, 4) is 0 Å². The van der Waals surface area contributed by atoms with Gasteiger partial charge in [0.25, 0.3) is 0 Å². The smallest absolute Gasteiger partial charge is 0.322 e. The van der Waals surface area contributed by atoms with Crippen molar-refractivity contribution in [2.24, 2.45) is 0 Å². The summed E-state index contributed by atoms with van der Waals surface area (Å²) in [6.07, 6.45) is -2.39. The van der Waals surface area contributed by atoms with Crippen molar-refractivity contribution in [1.82, 2.24) is 35.3 Å². The lowest BCUT2D eigenvalue weighted by molar-refractivity contribution is -0.140. The van der Waals surface area contributed by atoms with Crippen LogP contribution in [0.25, 0.3) is 0 Å². The minimum absolute atomic E-state index is 0.0159. The molecular weight excluding hydrogens is 394 g/mol. The van der Waals surface area contributed by atoms with E-state index in [4.69, 9.17) is 0 Å². The van der Waals surface area contributed by atoms with E-state index in [0.717, 1.165) is 18.6 Å². The predicted octanol–water partition coefficient (Wildman–Crippen LogP) is 1.67. The molecule has 1 N–H and O–H groups in total. The van der Waals surface area contributed by atoms with Crippen LogP contribution in [0.2, 0.25) is 0 Å². The molecule has 0 saturated carbocycles. The number of likely N-dealkylation sites (tertiary alicyclic amines) is 2. The molecule has 3 heterocycles. The Morgan fingerprint density at radius 3 is 2.66 bits per heavy atom. The molecule has 2 saturated heterocycles. The maximum atomic E-state index is 13.6. The summed E-state index contributed by atoms with van der Waals surface area (Å²) in [5.41, 5.74) is -0.851. The number of hydrogen-bond acceptors (Lipinski definition) is 5. The third-order valence-corrected chi connectivity index (χ3v) is 5.26. The zero-order valence-electron chi connectivity index (χ0n) is 15.3. The van der Waals surface area contributed by atoms with Gasteiger partial charge < -0.3 is 15.1 Å². The maximum Gasteiger partial charge on any atom is 0.419 e. The number of alkyl halides is 3. The molecule has 0 unspecified atom stereocenters. The van der Waals surface area contributed by atoms with E-state index >= 15 is 0 Å². The lowest BCUT2D eigenvalue weighted by Gasteiger charge is -2.41. The molecule has 0 aliphatic carbocycles. The molecular formula is C17H19F4N7O. The lowest BCUT2D eigenvalue weighted by Crippen LogP contribution is -2.62. The Morgan fingerprint density at radius 2 is 2.00 bits per heavy atom. The third kappa shape index (κ3) is 4.16. The summed E-state index contributed by atoms with van der Waals surface area (Å²) in [5, 5.41) is 14.2. The lowest BCUT2D eigenvalue weighted by atomic mass is 10.1. The zero-order chi connectivity index (χ0) is 20.6. The molecule has 156 valence electrons. The highest BCUT2D eigenvalue weighted by Crippen LogP contribution is 2.31. The van der Waals surface area contributed by atoms with Crippen LogP contribution in [0.1, 0.15) is 23.6 Å². The van der Waals surface area contributed by atoms with Gasteiger partial charge in [0.2, 0.25) is 0 Å². The van der Waals surface area contributed by atoms with E-state index in [1.54, 1.807) is 14.5 Å². The fourth-order valence-electron chi connectivity index (χ4n) is 3.59. The Morgan fingerprint density at radius 1 is 1.21 bits per heavy atom. The SMILES string of the molecule is O=C(N1CC(NCc2ccc(C(F)(F)F)c(F)c2)C1)N1CC[C@H](n2cnnn2)C1. The highest BCUT2D eigenvalue weighted by molar-refractivity contribution is 5.75. The number of halogens is 4. The normalized spacial score (nSPS) is 20.2. The fraction of sp³-hybridized carbons (Fsp3) is 0.529. The monoisotopic (exact) mass is 413 g/mol. The molecule has 2 aliphatic rings. The summed E-state index contributed by atoms with van der Waals surface area (Å²) in [6, 6.07) is 2.92. The highest BCUT2D eigenvalue weighted by atomic mass is 19.4. The van der Waals surface area contributed by atoms with E-state index < -0.39 is 17.6 Å². The first-order chi connectivity index (χ1) is 13.8. The summed E-state index contributed by atoms with van der Waals surface area (Å²) >= 11 is 0. The number of nitrogens with zero attached hydrogens (tertiary/aromatic N) is 6. The number of aromatic nitrogens is 4. The van der Waals surface area contributed by atoms with Crippen LogP contribution in [0.4, 0.5) is 22.4 Å². The standard InChI is InChI=1S/C17H19F4N7O/c18-15-5-11(1-2-14(15)17(19,20)21)6-22-12-7-27(8-12)16(29)26-4-3-13(9-26)28-10-23-24-25-28/h1-2,5,10,12-13,22H,3-4,6-9H2/t13-/m0/s1. The van der Waals surface area contributed by atoms with Gasteiger partial charge in [0.05, 0.1) is 11.6 Å². The Bertz CT molecular complexity index is 867. The van der Waals surface area contributed by atoms with Crippen LogP contribution in [0.5, 0.6) is 0 Å². The van der Waals surface area contributed by atoms with Crippen molar-refractivity contribution >= 4 is 6.03 Å². The maximum absolute atomic E-state index is 13.6. The van der Waals surface area contributed by atoms with Gasteiger partial charge in [0.15, 0.2) is 0 Å². The van der Waals surface area contributed by atoms with E-state index in [-0.39, 0.29) is 24.7 Å². The minimum atomic E-state index is -4.70. The van der Waals surface area contributed by atoms with Crippen LogP contribution in [-0.4, -0.2) is 68.3 Å². The van der Waals surface area contributed by atoms with Crippen LogP contribution >= 0.6 is 0 Å². The number of hydrogen-bond donors (Lipinski definition) is 1. The van der Waals surface area contributed by atoms with E-state index in [1.165, 1.54) is 12.4 Å². The zero-order valence-corrected chi connectivity index (χ0v) is 15.3. The first-order valence-electron chi connectivity index (χ1n) is 9.16. The molecule has 29 heavy (non-hydrogen) atoms. The van der Waals surface area contributed by atoms with Gasteiger partial charge in [-0.3, -0.25) is 0 Å². The molecule has 2 aromatic rings. The van der Waals surface area contributed by atoms with E-state index in [0.29, 0.717) is 31.7 Å². The van der Waals surface area contributed by atoms with Crippen LogP contribution in [0.3, 0.4) is 0 Å². The average molecular weight is 413 g/mol. The van der Waals surface area contributed by atoms with Crippen molar-refractivity contribution in [3.05, 3.63) is 41.5 Å². The number of amides is 2. The van der Waals surface area contributed by atoms with Crippen LogP contribution in [-0.2, 0) is 12.7 Å². The van der Waals surface area contributed by atoms with Gasteiger partial charge in [0, 0.05) is 38.8 Å². The molecule has 2 aliphatic heterocycles. The summed E-state index contributed by atoms with van der Waals surface area (Å²) in [5.74, 6) is -1.28. The molecule has 12 heteroatoms. The number of tetrazole rings is 1. The molecule has 4 rings (SSSR count). The Hall–Kier alpha value is -2.76. The Labute approximate surface area is 163 Å². The second kappa shape index (κ2) is 7.58. The third-order valence-electron chi connectivity index (χ3n) is 5.26. The quantitative estimate of drug-likeness (QED) is 0.772. The Kier molecular flexibility index (Phi) is 5.11. The second-order valence-electron chi connectivity index (χ2n) is 7.26. The van der Waals surface area contributed by atoms with Crippen molar-refractivity contribution in [2.75, 3.05) is 26.2 Å². The summed E-state index contributed by atoms with van der Waals surface area (Å²) in [7, 11) is 0. The largest absolute Gasteiger partial charge is 0.419 e. The van der Waals surface area contributed by atoms with Crippen LogP contribution in [0.15, 0.2) is 24.5 Å². The number of nitrogens with one attached hydrogen (secondary N) is 1. The van der Waals surface area contributed by atoms with Gasteiger partial charge in [-0.1, -0.05) is 6.07 Å². The minimum Gasteiger partial charge on any atom is -0.322 e. The van der Waals surface area contributed by atoms with Crippen LogP contribution < -0.4 is 5.32 Å². The van der Waals surface area contributed by atoms with Crippen molar-refractivity contribution in [2.45, 2.75) is 31.2 Å². The number of rotatable bonds is 4. The molecule has 1 aromatic carbocycles. The highest BCUT2D eigenvalue weighted by Gasteiger charge is 2.37. The number of carbonyl (C=O) groups is 1. The van der Waals surface area contributed by atoms with Gasteiger partial charge >= 0.3 is 12.2 Å².